The van der Waals surface area contributed by atoms with Gasteiger partial charge in [-0.3, -0.25) is 4.40 Å². The molecule has 0 fully saturated rings. The highest BCUT2D eigenvalue weighted by atomic mass is 32.2. The van der Waals surface area contributed by atoms with Crippen LogP contribution in [0.5, 0.6) is 0 Å². The largest absolute Gasteiger partial charge is 0.284 e. The van der Waals surface area contributed by atoms with E-state index in [1.54, 1.807) is 34.4 Å². The van der Waals surface area contributed by atoms with Gasteiger partial charge in [-0.05, 0) is 11.4 Å². The van der Waals surface area contributed by atoms with E-state index in [4.69, 9.17) is 4.98 Å². The molecule has 0 unspecified atom stereocenters. The molecule has 4 rings (SSSR count). The maximum Gasteiger partial charge on any atom is 0.195 e. The second-order valence-corrected chi connectivity index (χ2v) is 7.33. The van der Waals surface area contributed by atoms with Crippen molar-refractivity contribution >= 4 is 39.4 Å². The molecular weight excluding hydrogens is 304 g/mol. The summed E-state index contributed by atoms with van der Waals surface area (Å²) in [6.07, 6.45) is 2.09. The van der Waals surface area contributed by atoms with Gasteiger partial charge in [-0.25, -0.2) is 4.98 Å². The van der Waals surface area contributed by atoms with Crippen molar-refractivity contribution in [2.75, 3.05) is 0 Å². The summed E-state index contributed by atoms with van der Waals surface area (Å²) >= 11 is 5.22. The van der Waals surface area contributed by atoms with Crippen LogP contribution in [0.15, 0.2) is 68.7 Å². The Kier molecular flexibility index (Phi) is 3.10. The van der Waals surface area contributed by atoms with Crippen LogP contribution < -0.4 is 0 Å². The van der Waals surface area contributed by atoms with Crippen LogP contribution in [0.4, 0.5) is 0 Å². The van der Waals surface area contributed by atoms with Crippen LogP contribution in [0, 0.1) is 0 Å². The number of imidazole rings is 1. The Morgan fingerprint density at radius 1 is 0.950 bits per heavy atom. The normalized spacial score (nSPS) is 11.2. The molecule has 0 saturated heterocycles. The Hall–Kier alpha value is -1.56. The van der Waals surface area contributed by atoms with Crippen LogP contribution >= 0.6 is 34.4 Å². The quantitative estimate of drug-likeness (QED) is 0.512. The molecule has 98 valence electrons. The average molecular weight is 314 g/mol. The number of rotatable bonds is 3. The van der Waals surface area contributed by atoms with Gasteiger partial charge in [0, 0.05) is 17.1 Å². The Morgan fingerprint density at radius 3 is 2.65 bits per heavy atom. The van der Waals surface area contributed by atoms with Gasteiger partial charge in [-0.15, -0.1) is 22.7 Å². The number of aromatic nitrogens is 2. The lowest BCUT2D eigenvalue weighted by molar-refractivity contribution is 1.08. The van der Waals surface area contributed by atoms with Crippen LogP contribution in [0.1, 0.15) is 0 Å². The van der Waals surface area contributed by atoms with Crippen LogP contribution in [-0.2, 0) is 0 Å². The summed E-state index contributed by atoms with van der Waals surface area (Å²) in [7, 11) is 0. The summed E-state index contributed by atoms with van der Waals surface area (Å²) in [6, 6.07) is 14.6. The highest BCUT2D eigenvalue weighted by Crippen LogP contribution is 2.39. The van der Waals surface area contributed by atoms with E-state index in [0.717, 1.165) is 10.7 Å². The molecule has 3 aromatic heterocycles. The first kappa shape index (κ1) is 12.2. The summed E-state index contributed by atoms with van der Waals surface area (Å²) in [4.78, 5) is 5.83. The second-order valence-electron chi connectivity index (χ2n) is 4.22. The molecule has 0 bridgehead atoms. The molecule has 0 atom stereocenters. The molecule has 0 aliphatic heterocycles. The zero-order valence-electron chi connectivity index (χ0n) is 10.4. The van der Waals surface area contributed by atoms with Crippen molar-refractivity contribution in [1.82, 2.24) is 9.38 Å². The first-order valence-corrected chi connectivity index (χ1v) is 8.72. The van der Waals surface area contributed by atoms with Crippen molar-refractivity contribution in [2.45, 2.75) is 9.24 Å². The van der Waals surface area contributed by atoms with E-state index in [-0.39, 0.29) is 0 Å². The van der Waals surface area contributed by atoms with E-state index < -0.39 is 0 Å². The van der Waals surface area contributed by atoms with Gasteiger partial charge in [-0.1, -0.05) is 48.2 Å². The minimum Gasteiger partial charge on any atom is -0.284 e. The molecule has 2 nitrogen and oxygen atoms in total. The lowest BCUT2D eigenvalue weighted by atomic mass is 10.2. The van der Waals surface area contributed by atoms with E-state index in [9.17, 15) is 0 Å². The van der Waals surface area contributed by atoms with Gasteiger partial charge in [-0.2, -0.15) is 0 Å². The van der Waals surface area contributed by atoms with Crippen molar-refractivity contribution in [3.05, 3.63) is 59.4 Å². The second kappa shape index (κ2) is 5.09. The highest BCUT2D eigenvalue weighted by molar-refractivity contribution is 8.01. The molecule has 4 aromatic rings. The van der Waals surface area contributed by atoms with Crippen molar-refractivity contribution in [1.29, 1.82) is 0 Å². The van der Waals surface area contributed by atoms with Crippen LogP contribution in [0.3, 0.4) is 0 Å². The van der Waals surface area contributed by atoms with Crippen LogP contribution in [0.25, 0.3) is 16.2 Å². The molecule has 0 amide bonds. The summed E-state index contributed by atoms with van der Waals surface area (Å²) in [5, 5.41) is 5.38. The van der Waals surface area contributed by atoms with Gasteiger partial charge < -0.3 is 0 Å². The lowest BCUT2D eigenvalue weighted by Gasteiger charge is -2.02. The molecule has 0 saturated carbocycles. The molecular formula is C15H10N2S3. The van der Waals surface area contributed by atoms with Crippen molar-refractivity contribution in [2.24, 2.45) is 0 Å². The standard InChI is InChI=1S/C15H10N2S3/c1-2-5-11(6-3-1)13-14(20-12-7-4-9-18-12)17-8-10-19-15(17)16-13/h1-10H. The topological polar surface area (TPSA) is 17.3 Å². The van der Waals surface area contributed by atoms with Crippen molar-refractivity contribution < 1.29 is 0 Å². The number of fused-ring (bicyclic) bond motifs is 1. The van der Waals surface area contributed by atoms with E-state index >= 15 is 0 Å². The SMILES string of the molecule is c1ccc(-c2nc3sccn3c2Sc2cccs2)cc1. The minimum absolute atomic E-state index is 1.04. The summed E-state index contributed by atoms with van der Waals surface area (Å²) < 4.78 is 3.47. The Balaban J connectivity index is 1.90. The van der Waals surface area contributed by atoms with E-state index in [0.29, 0.717) is 0 Å². The summed E-state index contributed by atoms with van der Waals surface area (Å²) in [5.41, 5.74) is 2.23. The monoisotopic (exact) mass is 314 g/mol. The molecule has 0 aliphatic carbocycles. The van der Waals surface area contributed by atoms with Gasteiger partial charge in [0.05, 0.1) is 4.21 Å². The number of nitrogens with zero attached hydrogens (tertiary/aromatic N) is 2. The number of benzene rings is 1. The molecule has 3 heterocycles. The number of thiazole rings is 1. The molecule has 0 radical (unpaired) electrons. The van der Waals surface area contributed by atoms with Crippen molar-refractivity contribution in [3.8, 4) is 11.3 Å². The predicted octanol–water partition coefficient (Wildman–Crippen LogP) is 5.28. The van der Waals surface area contributed by atoms with Crippen molar-refractivity contribution in [3.63, 3.8) is 0 Å². The summed E-state index contributed by atoms with van der Waals surface area (Å²) in [6.45, 7) is 0. The van der Waals surface area contributed by atoms with Gasteiger partial charge in [0.25, 0.3) is 0 Å². The van der Waals surface area contributed by atoms with E-state index in [1.165, 1.54) is 14.8 Å². The summed E-state index contributed by atoms with van der Waals surface area (Å²) in [5.74, 6) is 0. The third-order valence-electron chi connectivity index (χ3n) is 2.96. The van der Waals surface area contributed by atoms with Crippen LogP contribution in [0.2, 0.25) is 0 Å². The molecule has 0 N–H and O–H groups in total. The fraction of sp³-hybridized carbons (Fsp3) is 0. The molecule has 20 heavy (non-hydrogen) atoms. The fourth-order valence-corrected chi connectivity index (χ4v) is 4.72. The van der Waals surface area contributed by atoms with Gasteiger partial charge >= 0.3 is 0 Å². The predicted molar refractivity (Wildman–Crippen MR) is 86.9 cm³/mol. The lowest BCUT2D eigenvalue weighted by Crippen LogP contribution is -1.83. The first-order valence-electron chi connectivity index (χ1n) is 6.14. The first-order chi connectivity index (χ1) is 9.92. The van der Waals surface area contributed by atoms with Crippen LogP contribution in [-0.4, -0.2) is 9.38 Å². The molecule has 1 aromatic carbocycles. The Bertz CT molecular complexity index is 829. The third-order valence-corrected chi connectivity index (χ3v) is 5.84. The van der Waals surface area contributed by atoms with Gasteiger partial charge in [0.15, 0.2) is 4.96 Å². The number of hydrogen-bond acceptors (Lipinski definition) is 4. The number of hydrogen-bond donors (Lipinski definition) is 0. The molecule has 0 spiro atoms. The zero-order chi connectivity index (χ0) is 13.4. The zero-order valence-corrected chi connectivity index (χ0v) is 12.8. The molecule has 5 heteroatoms. The average Bonchev–Trinajstić information content (AvgIpc) is 3.19. The number of thiophene rings is 1. The van der Waals surface area contributed by atoms with E-state index in [2.05, 4.69) is 57.8 Å². The van der Waals surface area contributed by atoms with Gasteiger partial charge in [0.1, 0.15) is 10.7 Å². The highest BCUT2D eigenvalue weighted by Gasteiger charge is 2.16. The molecule has 0 aliphatic rings. The fourth-order valence-electron chi connectivity index (χ4n) is 2.06. The minimum atomic E-state index is 1.04. The Labute approximate surface area is 128 Å². The maximum atomic E-state index is 4.79. The third kappa shape index (κ3) is 2.08. The maximum absolute atomic E-state index is 4.79. The smallest absolute Gasteiger partial charge is 0.195 e. The van der Waals surface area contributed by atoms with Gasteiger partial charge in [0.2, 0.25) is 0 Å². The van der Waals surface area contributed by atoms with E-state index in [1.807, 2.05) is 6.07 Å². The Morgan fingerprint density at radius 2 is 1.85 bits per heavy atom.